The number of allylic oxidation sites excluding steroid dienone is 1. The lowest BCUT2D eigenvalue weighted by Crippen LogP contribution is -2.21. The predicted molar refractivity (Wildman–Crippen MR) is 89.8 cm³/mol. The zero-order valence-corrected chi connectivity index (χ0v) is 13.2. The van der Waals surface area contributed by atoms with Gasteiger partial charge in [-0.25, -0.2) is 0 Å². The van der Waals surface area contributed by atoms with Crippen molar-refractivity contribution in [2.45, 2.75) is 26.3 Å². The van der Waals surface area contributed by atoms with E-state index in [0.717, 1.165) is 39.1 Å². The number of nitrogens with one attached hydrogen (secondary N) is 1. The number of hydrogen-bond donors (Lipinski definition) is 1. The predicted octanol–water partition coefficient (Wildman–Crippen LogP) is 3.39. The summed E-state index contributed by atoms with van der Waals surface area (Å²) in [5.74, 6) is 0. The van der Waals surface area contributed by atoms with Crippen molar-refractivity contribution in [3.05, 3.63) is 48.2 Å². The van der Waals surface area contributed by atoms with E-state index in [0.29, 0.717) is 0 Å². The summed E-state index contributed by atoms with van der Waals surface area (Å²) in [6.07, 6.45) is 4.35. The average Bonchev–Trinajstić information content (AvgIpc) is 2.85. The maximum Gasteiger partial charge on any atom is 0.0587 e. The molecule has 0 unspecified atom stereocenters. The van der Waals surface area contributed by atoms with Crippen LogP contribution >= 0.6 is 0 Å². The first-order valence-corrected chi connectivity index (χ1v) is 7.69. The highest BCUT2D eigenvalue weighted by Gasteiger charge is 2.08. The third kappa shape index (κ3) is 4.19. The first-order chi connectivity index (χ1) is 10.3. The van der Waals surface area contributed by atoms with Crippen molar-refractivity contribution < 1.29 is 4.74 Å². The Morgan fingerprint density at radius 3 is 2.86 bits per heavy atom. The van der Waals surface area contributed by atoms with Crippen molar-refractivity contribution in [3.63, 3.8) is 0 Å². The van der Waals surface area contributed by atoms with Crippen molar-refractivity contribution in [1.82, 2.24) is 9.88 Å². The smallest absolute Gasteiger partial charge is 0.0587 e. The third-order valence-electron chi connectivity index (χ3n) is 3.82. The molecule has 1 aromatic carbocycles. The van der Waals surface area contributed by atoms with Gasteiger partial charge >= 0.3 is 0 Å². The summed E-state index contributed by atoms with van der Waals surface area (Å²) in [5.41, 5.74) is 3.97. The van der Waals surface area contributed by atoms with Gasteiger partial charge in [-0.2, -0.15) is 0 Å². The highest BCUT2D eigenvalue weighted by Crippen LogP contribution is 2.22. The molecule has 0 bridgehead atoms. The number of hydrogen-bond acceptors (Lipinski definition) is 2. The standard InChI is InChI=1S/C18H26N2O/c1-4-15(2)13-20-14-16(9-10-19-11-12-21-3)17-7-5-6-8-18(17)20/h5-8,14,19H,2,4,9-13H2,1,3H3. The fourth-order valence-electron chi connectivity index (χ4n) is 2.53. The topological polar surface area (TPSA) is 26.2 Å². The second kappa shape index (κ2) is 8.01. The Hall–Kier alpha value is -1.58. The average molecular weight is 286 g/mol. The fraction of sp³-hybridized carbons (Fsp3) is 0.444. The second-order valence-electron chi connectivity index (χ2n) is 5.40. The molecule has 0 atom stereocenters. The van der Waals surface area contributed by atoms with Crippen LogP contribution in [0.2, 0.25) is 0 Å². The molecule has 1 aromatic heterocycles. The number of para-hydroxylation sites is 1. The van der Waals surface area contributed by atoms with Crippen LogP contribution in [-0.2, 0) is 17.7 Å². The highest BCUT2D eigenvalue weighted by molar-refractivity contribution is 5.84. The molecule has 2 rings (SSSR count). The largest absolute Gasteiger partial charge is 0.383 e. The zero-order chi connectivity index (χ0) is 15.1. The van der Waals surface area contributed by atoms with Crippen LogP contribution in [0, 0.1) is 0 Å². The molecule has 1 heterocycles. The summed E-state index contributed by atoms with van der Waals surface area (Å²) in [6.45, 7) is 9.85. The van der Waals surface area contributed by atoms with Gasteiger partial charge in [-0.05, 0) is 31.0 Å². The molecule has 0 spiro atoms. The monoisotopic (exact) mass is 286 g/mol. The number of rotatable bonds is 9. The van der Waals surface area contributed by atoms with Crippen molar-refractivity contribution in [2.24, 2.45) is 0 Å². The summed E-state index contributed by atoms with van der Waals surface area (Å²) >= 11 is 0. The summed E-state index contributed by atoms with van der Waals surface area (Å²) in [7, 11) is 1.73. The van der Waals surface area contributed by atoms with E-state index >= 15 is 0 Å². The van der Waals surface area contributed by atoms with E-state index in [2.05, 4.69) is 53.8 Å². The molecule has 0 amide bonds. The molecule has 0 saturated heterocycles. The van der Waals surface area contributed by atoms with Crippen LogP contribution in [0.3, 0.4) is 0 Å². The van der Waals surface area contributed by atoms with Gasteiger partial charge < -0.3 is 14.6 Å². The summed E-state index contributed by atoms with van der Waals surface area (Å²) in [6, 6.07) is 8.63. The quantitative estimate of drug-likeness (QED) is 0.565. The minimum Gasteiger partial charge on any atom is -0.383 e. The second-order valence-corrected chi connectivity index (χ2v) is 5.40. The van der Waals surface area contributed by atoms with Crippen LogP contribution in [0.1, 0.15) is 18.9 Å². The van der Waals surface area contributed by atoms with Gasteiger partial charge in [0.05, 0.1) is 6.61 Å². The fourth-order valence-corrected chi connectivity index (χ4v) is 2.53. The van der Waals surface area contributed by atoms with E-state index in [1.165, 1.54) is 22.0 Å². The molecule has 3 heteroatoms. The molecule has 1 N–H and O–H groups in total. The number of methoxy groups -OCH3 is 1. The maximum atomic E-state index is 5.05. The number of aromatic nitrogens is 1. The van der Waals surface area contributed by atoms with Crippen molar-refractivity contribution in [2.75, 3.05) is 26.8 Å². The van der Waals surface area contributed by atoms with Gasteiger partial charge in [-0.3, -0.25) is 0 Å². The van der Waals surface area contributed by atoms with Crippen LogP contribution in [-0.4, -0.2) is 31.4 Å². The lowest BCUT2D eigenvalue weighted by Gasteiger charge is -2.06. The molecule has 0 aliphatic carbocycles. The lowest BCUT2D eigenvalue weighted by molar-refractivity contribution is 0.199. The first-order valence-electron chi connectivity index (χ1n) is 7.69. The normalized spacial score (nSPS) is 11.1. The molecule has 0 fully saturated rings. The molecule has 0 aliphatic heterocycles. The van der Waals surface area contributed by atoms with Crippen LogP contribution < -0.4 is 5.32 Å². The van der Waals surface area contributed by atoms with Gasteiger partial charge in [0, 0.05) is 37.3 Å². The van der Waals surface area contributed by atoms with Crippen LogP contribution in [0.4, 0.5) is 0 Å². The highest BCUT2D eigenvalue weighted by atomic mass is 16.5. The Kier molecular flexibility index (Phi) is 6.03. The molecule has 0 aliphatic rings. The van der Waals surface area contributed by atoms with Crippen molar-refractivity contribution in [1.29, 1.82) is 0 Å². The van der Waals surface area contributed by atoms with Crippen molar-refractivity contribution >= 4 is 10.9 Å². The van der Waals surface area contributed by atoms with E-state index in [9.17, 15) is 0 Å². The third-order valence-corrected chi connectivity index (χ3v) is 3.82. The van der Waals surface area contributed by atoms with Gasteiger partial charge in [-0.15, -0.1) is 0 Å². The van der Waals surface area contributed by atoms with E-state index in [1.807, 2.05) is 0 Å². The molecular weight excluding hydrogens is 260 g/mol. The Bertz CT molecular complexity index is 586. The van der Waals surface area contributed by atoms with Gasteiger partial charge in [0.25, 0.3) is 0 Å². The Morgan fingerprint density at radius 1 is 1.29 bits per heavy atom. The molecular formula is C18H26N2O. The van der Waals surface area contributed by atoms with E-state index in [4.69, 9.17) is 4.74 Å². The molecule has 21 heavy (non-hydrogen) atoms. The summed E-state index contributed by atoms with van der Waals surface area (Å²) < 4.78 is 7.37. The van der Waals surface area contributed by atoms with Crippen molar-refractivity contribution in [3.8, 4) is 0 Å². The van der Waals surface area contributed by atoms with Gasteiger partial charge in [0.1, 0.15) is 0 Å². The van der Waals surface area contributed by atoms with Gasteiger partial charge in [-0.1, -0.05) is 37.3 Å². The Morgan fingerprint density at radius 2 is 2.10 bits per heavy atom. The SMILES string of the molecule is C=C(CC)Cn1cc(CCNCCOC)c2ccccc21. The molecule has 0 saturated carbocycles. The van der Waals surface area contributed by atoms with Gasteiger partial charge in [0.2, 0.25) is 0 Å². The first kappa shape index (κ1) is 15.8. The molecule has 3 nitrogen and oxygen atoms in total. The number of fused-ring (bicyclic) bond motifs is 1. The molecule has 114 valence electrons. The van der Waals surface area contributed by atoms with E-state index in [1.54, 1.807) is 7.11 Å². The number of ether oxygens (including phenoxy) is 1. The Balaban J connectivity index is 2.10. The summed E-state index contributed by atoms with van der Waals surface area (Å²) in [4.78, 5) is 0. The van der Waals surface area contributed by atoms with E-state index < -0.39 is 0 Å². The number of nitrogens with zero attached hydrogens (tertiary/aromatic N) is 1. The van der Waals surface area contributed by atoms with Crippen LogP contribution in [0.5, 0.6) is 0 Å². The van der Waals surface area contributed by atoms with Gasteiger partial charge in [0.15, 0.2) is 0 Å². The minimum atomic E-state index is 0.762. The zero-order valence-electron chi connectivity index (χ0n) is 13.2. The van der Waals surface area contributed by atoms with E-state index in [-0.39, 0.29) is 0 Å². The maximum absolute atomic E-state index is 5.05. The lowest BCUT2D eigenvalue weighted by atomic mass is 10.1. The molecule has 0 radical (unpaired) electrons. The Labute approximate surface area is 127 Å². The van der Waals surface area contributed by atoms with Crippen LogP contribution in [0.15, 0.2) is 42.6 Å². The minimum absolute atomic E-state index is 0.762. The van der Waals surface area contributed by atoms with Crippen LogP contribution in [0.25, 0.3) is 10.9 Å². The molecule has 2 aromatic rings. The number of benzene rings is 1. The summed E-state index contributed by atoms with van der Waals surface area (Å²) in [5, 5.41) is 4.77.